The highest BCUT2D eigenvalue weighted by Crippen LogP contribution is 2.30. The fourth-order valence-electron chi connectivity index (χ4n) is 2.93. The molecule has 2 aromatic carbocycles. The van der Waals surface area contributed by atoms with E-state index in [2.05, 4.69) is 61.6 Å². The van der Waals surface area contributed by atoms with Crippen LogP contribution >= 0.6 is 0 Å². The lowest BCUT2D eigenvalue weighted by Gasteiger charge is -2.28. The van der Waals surface area contributed by atoms with Gasteiger partial charge < -0.3 is 5.32 Å². The van der Waals surface area contributed by atoms with Gasteiger partial charge in [0, 0.05) is 6.54 Å². The van der Waals surface area contributed by atoms with E-state index >= 15 is 0 Å². The van der Waals surface area contributed by atoms with E-state index in [1.165, 1.54) is 27.8 Å². The van der Waals surface area contributed by atoms with Crippen molar-refractivity contribution < 1.29 is 0 Å². The Bertz CT molecular complexity index is 572. The summed E-state index contributed by atoms with van der Waals surface area (Å²) in [5.41, 5.74) is 7.05. The highest BCUT2D eigenvalue weighted by Gasteiger charge is 2.21. The average Bonchev–Trinajstić information content (AvgIpc) is 2.38. The standard InChI is InChI=1S/C17H19N/c1-12-7-8-15(13(2)11-12)17-16-6-4-3-5-14(16)9-10-18-17/h3-8,11,17-18H,9-10H2,1-2H3. The molecule has 1 aliphatic rings. The van der Waals surface area contributed by atoms with Crippen molar-refractivity contribution >= 4 is 0 Å². The third-order valence-electron chi connectivity index (χ3n) is 3.85. The molecule has 0 bridgehead atoms. The number of fused-ring (bicyclic) bond motifs is 1. The van der Waals surface area contributed by atoms with Gasteiger partial charge in [-0.3, -0.25) is 0 Å². The van der Waals surface area contributed by atoms with Gasteiger partial charge in [0.25, 0.3) is 0 Å². The molecule has 1 unspecified atom stereocenters. The van der Waals surface area contributed by atoms with Crippen LogP contribution in [-0.2, 0) is 6.42 Å². The summed E-state index contributed by atoms with van der Waals surface area (Å²) in [6.07, 6.45) is 1.14. The Hall–Kier alpha value is -1.60. The lowest BCUT2D eigenvalue weighted by atomic mass is 9.87. The SMILES string of the molecule is Cc1ccc(C2NCCc3ccccc32)c(C)c1. The minimum atomic E-state index is 0.357. The van der Waals surface area contributed by atoms with Gasteiger partial charge in [-0.1, -0.05) is 48.0 Å². The quantitative estimate of drug-likeness (QED) is 0.800. The maximum absolute atomic E-state index is 3.65. The number of rotatable bonds is 1. The molecule has 1 heterocycles. The zero-order valence-corrected chi connectivity index (χ0v) is 11.0. The van der Waals surface area contributed by atoms with E-state index < -0.39 is 0 Å². The third-order valence-corrected chi connectivity index (χ3v) is 3.85. The van der Waals surface area contributed by atoms with Gasteiger partial charge in [0.05, 0.1) is 6.04 Å². The predicted octanol–water partition coefficient (Wildman–Crippen LogP) is 3.54. The molecule has 92 valence electrons. The Morgan fingerprint density at radius 2 is 1.83 bits per heavy atom. The first-order valence-corrected chi connectivity index (χ1v) is 6.64. The van der Waals surface area contributed by atoms with E-state index in [9.17, 15) is 0 Å². The van der Waals surface area contributed by atoms with Crippen molar-refractivity contribution in [3.63, 3.8) is 0 Å². The Morgan fingerprint density at radius 1 is 1.00 bits per heavy atom. The largest absolute Gasteiger partial charge is 0.306 e. The maximum Gasteiger partial charge on any atom is 0.0582 e. The molecule has 0 saturated carbocycles. The molecule has 18 heavy (non-hydrogen) atoms. The minimum absolute atomic E-state index is 0.357. The monoisotopic (exact) mass is 237 g/mol. The molecule has 0 saturated heterocycles. The molecule has 1 heteroatoms. The average molecular weight is 237 g/mol. The summed E-state index contributed by atoms with van der Waals surface area (Å²) in [7, 11) is 0. The van der Waals surface area contributed by atoms with Crippen LogP contribution in [0.3, 0.4) is 0 Å². The van der Waals surface area contributed by atoms with Crippen LogP contribution in [0.5, 0.6) is 0 Å². The van der Waals surface area contributed by atoms with E-state index in [0.717, 1.165) is 13.0 Å². The van der Waals surface area contributed by atoms with E-state index in [4.69, 9.17) is 0 Å². The Kier molecular flexibility index (Phi) is 2.92. The van der Waals surface area contributed by atoms with E-state index in [0.29, 0.717) is 6.04 Å². The normalized spacial score (nSPS) is 18.4. The second kappa shape index (κ2) is 4.58. The molecule has 0 radical (unpaired) electrons. The molecule has 1 aliphatic heterocycles. The van der Waals surface area contributed by atoms with Gasteiger partial charge in [-0.05, 0) is 42.5 Å². The van der Waals surface area contributed by atoms with Gasteiger partial charge in [-0.2, -0.15) is 0 Å². The number of hydrogen-bond acceptors (Lipinski definition) is 1. The lowest BCUT2D eigenvalue weighted by Crippen LogP contribution is -2.30. The highest BCUT2D eigenvalue weighted by atomic mass is 14.9. The van der Waals surface area contributed by atoms with Crippen LogP contribution in [0.25, 0.3) is 0 Å². The van der Waals surface area contributed by atoms with Crippen molar-refractivity contribution in [3.05, 3.63) is 70.3 Å². The first kappa shape index (κ1) is 11.5. The van der Waals surface area contributed by atoms with E-state index in [1.54, 1.807) is 0 Å². The Labute approximate surface area is 109 Å². The van der Waals surface area contributed by atoms with Crippen LogP contribution in [0.4, 0.5) is 0 Å². The van der Waals surface area contributed by atoms with Crippen molar-refractivity contribution in [1.29, 1.82) is 0 Å². The molecule has 0 aromatic heterocycles. The summed E-state index contributed by atoms with van der Waals surface area (Å²) in [5.74, 6) is 0. The molecule has 3 rings (SSSR count). The number of nitrogens with one attached hydrogen (secondary N) is 1. The van der Waals surface area contributed by atoms with Crippen molar-refractivity contribution in [3.8, 4) is 0 Å². The van der Waals surface area contributed by atoms with Crippen LogP contribution in [0.15, 0.2) is 42.5 Å². The topological polar surface area (TPSA) is 12.0 Å². The first-order chi connectivity index (χ1) is 8.75. The predicted molar refractivity (Wildman–Crippen MR) is 75.9 cm³/mol. The van der Waals surface area contributed by atoms with Crippen molar-refractivity contribution in [2.75, 3.05) is 6.54 Å². The maximum atomic E-state index is 3.65. The molecular formula is C17H19N. The van der Waals surface area contributed by atoms with Gasteiger partial charge in [0.1, 0.15) is 0 Å². The van der Waals surface area contributed by atoms with E-state index in [-0.39, 0.29) is 0 Å². The molecule has 0 spiro atoms. The summed E-state index contributed by atoms with van der Waals surface area (Å²) in [5, 5.41) is 3.65. The number of benzene rings is 2. The van der Waals surface area contributed by atoms with Gasteiger partial charge in [-0.25, -0.2) is 0 Å². The van der Waals surface area contributed by atoms with E-state index in [1.807, 2.05) is 0 Å². The molecule has 1 N–H and O–H groups in total. The van der Waals surface area contributed by atoms with Crippen molar-refractivity contribution in [2.24, 2.45) is 0 Å². The zero-order valence-electron chi connectivity index (χ0n) is 11.0. The fourth-order valence-corrected chi connectivity index (χ4v) is 2.93. The molecule has 2 aromatic rings. The summed E-state index contributed by atoms with van der Waals surface area (Å²) >= 11 is 0. The van der Waals surface area contributed by atoms with Crippen molar-refractivity contribution in [2.45, 2.75) is 26.3 Å². The lowest BCUT2D eigenvalue weighted by molar-refractivity contribution is 0.566. The van der Waals surface area contributed by atoms with Crippen LogP contribution in [0, 0.1) is 13.8 Å². The second-order valence-electron chi connectivity index (χ2n) is 5.20. The van der Waals surface area contributed by atoms with Crippen LogP contribution < -0.4 is 5.32 Å². The van der Waals surface area contributed by atoms with Crippen LogP contribution in [0.2, 0.25) is 0 Å². The summed E-state index contributed by atoms with van der Waals surface area (Å²) in [4.78, 5) is 0. The van der Waals surface area contributed by atoms with Crippen molar-refractivity contribution in [1.82, 2.24) is 5.32 Å². The minimum Gasteiger partial charge on any atom is -0.306 e. The molecule has 1 nitrogen and oxygen atoms in total. The third kappa shape index (κ3) is 1.95. The summed E-state index contributed by atoms with van der Waals surface area (Å²) in [6, 6.07) is 15.9. The van der Waals surface area contributed by atoms with Crippen LogP contribution in [0.1, 0.15) is 33.9 Å². The number of aryl methyl sites for hydroxylation is 2. The van der Waals surface area contributed by atoms with Gasteiger partial charge in [0.15, 0.2) is 0 Å². The summed E-state index contributed by atoms with van der Waals surface area (Å²) < 4.78 is 0. The Balaban J connectivity index is 2.08. The smallest absolute Gasteiger partial charge is 0.0582 e. The molecule has 0 aliphatic carbocycles. The van der Waals surface area contributed by atoms with Gasteiger partial charge in [0.2, 0.25) is 0 Å². The number of hydrogen-bond donors (Lipinski definition) is 1. The highest BCUT2D eigenvalue weighted by molar-refractivity contribution is 5.43. The summed E-state index contributed by atoms with van der Waals surface area (Å²) in [6.45, 7) is 5.43. The zero-order chi connectivity index (χ0) is 12.5. The first-order valence-electron chi connectivity index (χ1n) is 6.64. The van der Waals surface area contributed by atoms with Crippen LogP contribution in [-0.4, -0.2) is 6.54 Å². The van der Waals surface area contributed by atoms with Gasteiger partial charge >= 0.3 is 0 Å². The Morgan fingerprint density at radius 3 is 2.67 bits per heavy atom. The fraction of sp³-hybridized carbons (Fsp3) is 0.294. The van der Waals surface area contributed by atoms with Gasteiger partial charge in [-0.15, -0.1) is 0 Å². The molecular weight excluding hydrogens is 218 g/mol. The second-order valence-corrected chi connectivity index (χ2v) is 5.20. The molecule has 0 amide bonds. The molecule has 1 atom stereocenters. The molecule has 0 fully saturated rings.